The van der Waals surface area contributed by atoms with Crippen LogP contribution in [0.3, 0.4) is 0 Å². The van der Waals surface area contributed by atoms with Crippen molar-refractivity contribution in [2.24, 2.45) is 0 Å². The number of aromatic hydroxyl groups is 1. The molecule has 172 valence electrons. The number of hydrogen-bond donors (Lipinski definition) is 2. The van der Waals surface area contributed by atoms with Gasteiger partial charge < -0.3 is 24.4 Å². The lowest BCUT2D eigenvalue weighted by Crippen LogP contribution is -2.48. The van der Waals surface area contributed by atoms with Gasteiger partial charge in [-0.25, -0.2) is 14.6 Å². The molecular formula is C23H22ClN3O6. The van der Waals surface area contributed by atoms with Crippen LogP contribution in [0.4, 0.5) is 0 Å². The van der Waals surface area contributed by atoms with Crippen molar-refractivity contribution in [1.82, 2.24) is 14.5 Å². The minimum absolute atomic E-state index is 0. The minimum Gasteiger partial charge on any atom is -0.508 e. The second-order valence-electron chi connectivity index (χ2n) is 8.47. The molecule has 0 spiro atoms. The van der Waals surface area contributed by atoms with E-state index in [2.05, 4.69) is 0 Å². The van der Waals surface area contributed by atoms with Gasteiger partial charge in [0.25, 0.3) is 5.56 Å². The molecule has 0 saturated carbocycles. The van der Waals surface area contributed by atoms with Gasteiger partial charge in [-0.2, -0.15) is 0 Å². The molecule has 2 aliphatic rings. The largest absolute Gasteiger partial charge is 0.508 e. The number of halogens is 1. The molecule has 0 radical (unpaired) electrons. The van der Waals surface area contributed by atoms with E-state index in [-0.39, 0.29) is 48.8 Å². The predicted molar refractivity (Wildman–Crippen MR) is 121 cm³/mol. The van der Waals surface area contributed by atoms with E-state index in [1.54, 1.807) is 19.1 Å². The summed E-state index contributed by atoms with van der Waals surface area (Å²) in [5.74, 6) is -2.03. The topological polar surface area (TPSA) is 122 Å². The smallest absolute Gasteiger partial charge is 0.351 e. The number of ether oxygens (including phenoxy) is 1. The van der Waals surface area contributed by atoms with Crippen molar-refractivity contribution < 1.29 is 24.5 Å². The van der Waals surface area contributed by atoms with E-state index in [9.17, 15) is 24.6 Å². The van der Waals surface area contributed by atoms with Gasteiger partial charge in [-0.1, -0.05) is 6.92 Å². The lowest BCUT2D eigenvalue weighted by atomic mass is 9.81. The van der Waals surface area contributed by atoms with E-state index in [0.29, 0.717) is 27.9 Å². The molecule has 1 aromatic carbocycles. The number of esters is 2. The Morgan fingerprint density at radius 1 is 1.21 bits per heavy atom. The standard InChI is InChI=1S/C23H21N3O6.ClH/c1-4-23(31)17-14(10-25(2)3)19-18-12(7-11-8-13(27)5-6-15(11)24-18)9-26(19)20(28)16(17)21(29)32-22(23)30;/h5-8,27,31H,4,9-10H2,1-3H3;1H. The molecule has 1 atom stereocenters. The second-order valence-corrected chi connectivity index (χ2v) is 8.47. The summed E-state index contributed by atoms with van der Waals surface area (Å²) in [5.41, 5.74) is -0.188. The molecule has 3 aromatic rings. The van der Waals surface area contributed by atoms with Crippen LogP contribution in [0.1, 0.15) is 40.4 Å². The van der Waals surface area contributed by atoms with Crippen LogP contribution in [0.25, 0.3) is 22.3 Å². The van der Waals surface area contributed by atoms with Gasteiger partial charge in [0.15, 0.2) is 5.60 Å². The molecule has 10 heteroatoms. The van der Waals surface area contributed by atoms with Gasteiger partial charge in [0.2, 0.25) is 0 Å². The average Bonchev–Trinajstić information content (AvgIpc) is 3.10. The van der Waals surface area contributed by atoms with Crippen LogP contribution < -0.4 is 5.56 Å². The second kappa shape index (κ2) is 7.65. The van der Waals surface area contributed by atoms with Gasteiger partial charge in [-0.3, -0.25) is 4.79 Å². The maximum atomic E-state index is 13.4. The fourth-order valence-corrected chi connectivity index (χ4v) is 4.66. The lowest BCUT2D eigenvalue weighted by Gasteiger charge is -2.33. The number of carbonyl (C=O) groups excluding carboxylic acids is 2. The zero-order valence-corrected chi connectivity index (χ0v) is 19.0. The highest BCUT2D eigenvalue weighted by Crippen LogP contribution is 2.42. The molecule has 4 heterocycles. The monoisotopic (exact) mass is 471 g/mol. The molecule has 0 fully saturated rings. The number of aromatic nitrogens is 2. The number of benzene rings is 1. The predicted octanol–water partition coefficient (Wildman–Crippen LogP) is 1.91. The first-order valence-corrected chi connectivity index (χ1v) is 10.2. The molecule has 0 aliphatic carbocycles. The van der Waals surface area contributed by atoms with Gasteiger partial charge in [0.05, 0.1) is 23.4 Å². The molecule has 5 rings (SSSR count). The lowest BCUT2D eigenvalue weighted by molar-refractivity contribution is -0.162. The first-order valence-electron chi connectivity index (χ1n) is 10.2. The summed E-state index contributed by atoms with van der Waals surface area (Å²) in [6.45, 7) is 2.02. The molecule has 0 bridgehead atoms. The third-order valence-electron chi connectivity index (χ3n) is 6.12. The Hall–Kier alpha value is -3.27. The minimum atomic E-state index is -2.12. The first-order chi connectivity index (χ1) is 15.2. The number of aliphatic hydroxyl groups is 1. The summed E-state index contributed by atoms with van der Waals surface area (Å²) >= 11 is 0. The Morgan fingerprint density at radius 2 is 1.94 bits per heavy atom. The molecule has 2 aliphatic heterocycles. The number of hydrogen-bond acceptors (Lipinski definition) is 8. The van der Waals surface area contributed by atoms with E-state index in [0.717, 1.165) is 5.56 Å². The Balaban J connectivity index is 0.00000259. The molecule has 0 saturated heterocycles. The van der Waals surface area contributed by atoms with Crippen molar-refractivity contribution in [2.45, 2.75) is 32.0 Å². The number of phenols is 1. The van der Waals surface area contributed by atoms with Gasteiger partial charge in [-0.05, 0) is 50.3 Å². The molecule has 9 nitrogen and oxygen atoms in total. The zero-order chi connectivity index (χ0) is 22.9. The number of cyclic esters (lactones) is 2. The number of nitrogens with zero attached hydrogens (tertiary/aromatic N) is 3. The average molecular weight is 472 g/mol. The molecule has 2 aromatic heterocycles. The van der Waals surface area contributed by atoms with Crippen molar-refractivity contribution in [3.63, 3.8) is 0 Å². The highest BCUT2D eigenvalue weighted by molar-refractivity contribution is 6.06. The fourth-order valence-electron chi connectivity index (χ4n) is 4.66. The van der Waals surface area contributed by atoms with Crippen molar-refractivity contribution >= 4 is 35.2 Å². The molecule has 0 amide bonds. The van der Waals surface area contributed by atoms with E-state index in [1.165, 1.54) is 10.6 Å². The van der Waals surface area contributed by atoms with Crippen molar-refractivity contribution in [3.8, 4) is 17.1 Å². The van der Waals surface area contributed by atoms with Crippen LogP contribution in [-0.4, -0.2) is 50.7 Å². The van der Waals surface area contributed by atoms with Gasteiger partial charge in [-0.15, -0.1) is 12.4 Å². The van der Waals surface area contributed by atoms with Crippen molar-refractivity contribution in [3.05, 3.63) is 56.9 Å². The van der Waals surface area contributed by atoms with Crippen LogP contribution in [0, 0.1) is 0 Å². The number of rotatable bonds is 3. The Kier molecular flexibility index (Phi) is 5.31. The van der Waals surface area contributed by atoms with Crippen LogP contribution >= 0.6 is 12.4 Å². The summed E-state index contributed by atoms with van der Waals surface area (Å²) in [5, 5.41) is 21.8. The Morgan fingerprint density at radius 3 is 2.61 bits per heavy atom. The number of fused-ring (bicyclic) bond motifs is 5. The van der Waals surface area contributed by atoms with Crippen LogP contribution in [0.2, 0.25) is 0 Å². The molecule has 1 unspecified atom stereocenters. The first kappa shape index (κ1) is 22.9. The van der Waals surface area contributed by atoms with Crippen LogP contribution in [-0.2, 0) is 28.2 Å². The van der Waals surface area contributed by atoms with Crippen LogP contribution in [0.5, 0.6) is 5.75 Å². The van der Waals surface area contributed by atoms with E-state index in [4.69, 9.17) is 9.72 Å². The van der Waals surface area contributed by atoms with E-state index >= 15 is 0 Å². The summed E-state index contributed by atoms with van der Waals surface area (Å²) in [4.78, 5) is 45.2. The number of carbonyl (C=O) groups is 2. The quantitative estimate of drug-likeness (QED) is 0.343. The maximum absolute atomic E-state index is 13.4. The van der Waals surface area contributed by atoms with Crippen molar-refractivity contribution in [2.75, 3.05) is 14.1 Å². The Bertz CT molecular complexity index is 1410. The summed E-state index contributed by atoms with van der Waals surface area (Å²) < 4.78 is 6.22. The number of pyridine rings is 2. The van der Waals surface area contributed by atoms with Crippen molar-refractivity contribution in [1.29, 1.82) is 0 Å². The van der Waals surface area contributed by atoms with Crippen LogP contribution in [0.15, 0.2) is 29.1 Å². The fraction of sp³-hybridized carbons (Fsp3) is 0.304. The summed E-state index contributed by atoms with van der Waals surface area (Å²) in [6, 6.07) is 6.64. The zero-order valence-electron chi connectivity index (χ0n) is 18.2. The third-order valence-corrected chi connectivity index (χ3v) is 6.12. The maximum Gasteiger partial charge on any atom is 0.351 e. The normalized spacial score (nSPS) is 18.6. The molecule has 2 N–H and O–H groups in total. The summed E-state index contributed by atoms with van der Waals surface area (Å²) in [6.07, 6.45) is -0.0628. The third kappa shape index (κ3) is 3.15. The van der Waals surface area contributed by atoms with Gasteiger partial charge in [0, 0.05) is 23.1 Å². The number of phenolic OH excluding ortho intramolecular Hbond substituents is 1. The van der Waals surface area contributed by atoms with E-state index < -0.39 is 23.1 Å². The van der Waals surface area contributed by atoms with Gasteiger partial charge in [0.1, 0.15) is 11.3 Å². The SMILES string of the molecule is CCC1(O)C(=O)OC(=O)c2c1c(CN(C)C)c1n(c2=O)Cc2cc3cc(O)ccc3nc2-1.Cl. The highest BCUT2D eigenvalue weighted by atomic mass is 35.5. The highest BCUT2D eigenvalue weighted by Gasteiger charge is 2.51. The molecular weight excluding hydrogens is 450 g/mol. The van der Waals surface area contributed by atoms with E-state index in [1.807, 2.05) is 25.1 Å². The van der Waals surface area contributed by atoms with Gasteiger partial charge >= 0.3 is 11.9 Å². The Labute approximate surface area is 194 Å². The molecule has 33 heavy (non-hydrogen) atoms. The summed E-state index contributed by atoms with van der Waals surface area (Å²) in [7, 11) is 3.63.